The first-order valence-corrected chi connectivity index (χ1v) is 4.66. The van der Waals surface area contributed by atoms with Crippen LogP contribution in [0.3, 0.4) is 0 Å². The lowest BCUT2D eigenvalue weighted by molar-refractivity contribution is 0.474. The van der Waals surface area contributed by atoms with Crippen molar-refractivity contribution in [3.8, 4) is 5.75 Å². The van der Waals surface area contributed by atoms with Crippen LogP contribution in [-0.2, 0) is 10.1 Å². The van der Waals surface area contributed by atoms with E-state index in [1.807, 2.05) is 0 Å². The van der Waals surface area contributed by atoms with Crippen molar-refractivity contribution in [1.29, 1.82) is 0 Å². The molecule has 13 heavy (non-hydrogen) atoms. The van der Waals surface area contributed by atoms with Crippen LogP contribution in [0.25, 0.3) is 0 Å². The van der Waals surface area contributed by atoms with Crippen molar-refractivity contribution < 1.29 is 18.1 Å². The summed E-state index contributed by atoms with van der Waals surface area (Å²) in [6, 6.07) is 3.19. The number of hydrogen-bond acceptors (Lipinski definition) is 5. The molecule has 0 aliphatic rings. The van der Waals surface area contributed by atoms with Crippen LogP contribution in [0.1, 0.15) is 0 Å². The van der Waals surface area contributed by atoms with Gasteiger partial charge < -0.3 is 10.5 Å². The predicted molar refractivity (Wildman–Crippen MR) is 45.7 cm³/mol. The molecule has 0 heterocycles. The largest absolute Gasteiger partial charge is 0.506 e. The number of benzene rings is 1. The van der Waals surface area contributed by atoms with E-state index < -0.39 is 10.1 Å². The Kier molecular flexibility index (Phi) is 2.41. The summed E-state index contributed by atoms with van der Waals surface area (Å²) in [5.41, 5.74) is 2.11. The Balaban J connectivity index is 3.30. The molecule has 0 amide bonds. The first-order valence-electron chi connectivity index (χ1n) is 3.22. The van der Waals surface area contributed by atoms with Gasteiger partial charge in [-0.1, -0.05) is 0 Å². The van der Waals surface area contributed by atoms with Gasteiger partial charge in [0.05, 0.1) is 10.6 Å². The van der Waals surface area contributed by atoms with Crippen LogP contribution in [0.4, 0.5) is 5.69 Å². The van der Waals surface area contributed by atoms with Crippen LogP contribution in [0.15, 0.2) is 23.1 Å². The molecule has 5 N–H and O–H groups in total. The second-order valence-corrected chi connectivity index (χ2v) is 3.72. The zero-order valence-corrected chi connectivity index (χ0v) is 7.25. The van der Waals surface area contributed by atoms with Crippen LogP contribution in [0.5, 0.6) is 5.75 Å². The maximum Gasteiger partial charge on any atom is 0.294 e. The molecule has 0 bridgehead atoms. The normalized spacial score (nSPS) is 11.2. The average Bonchev–Trinajstić information content (AvgIpc) is 2.03. The van der Waals surface area contributed by atoms with Crippen molar-refractivity contribution in [2.45, 2.75) is 4.90 Å². The van der Waals surface area contributed by atoms with Gasteiger partial charge in [0, 0.05) is 0 Å². The Bertz CT molecular complexity index is 415. The average molecular weight is 204 g/mol. The zero-order valence-electron chi connectivity index (χ0n) is 6.43. The van der Waals surface area contributed by atoms with Crippen LogP contribution in [0.2, 0.25) is 0 Å². The van der Waals surface area contributed by atoms with Crippen molar-refractivity contribution in [3.63, 3.8) is 0 Å². The molecule has 0 saturated heterocycles. The van der Waals surface area contributed by atoms with Crippen molar-refractivity contribution in [2.24, 2.45) is 5.84 Å². The van der Waals surface area contributed by atoms with Crippen molar-refractivity contribution >= 4 is 15.8 Å². The predicted octanol–water partition coefficient (Wildman–Crippen LogP) is -0.0755. The SMILES string of the molecule is NNc1cc(S(=O)(=O)O)ccc1O. The summed E-state index contributed by atoms with van der Waals surface area (Å²) in [7, 11) is -4.26. The minimum atomic E-state index is -4.26. The number of nitrogens with one attached hydrogen (secondary N) is 1. The zero-order chi connectivity index (χ0) is 10.1. The highest BCUT2D eigenvalue weighted by Crippen LogP contribution is 2.24. The van der Waals surface area contributed by atoms with Gasteiger partial charge in [0.15, 0.2) is 0 Å². The third-order valence-electron chi connectivity index (χ3n) is 1.42. The molecule has 1 aromatic rings. The van der Waals surface area contributed by atoms with Gasteiger partial charge in [-0.15, -0.1) is 0 Å². The summed E-state index contributed by atoms with van der Waals surface area (Å²) >= 11 is 0. The summed E-state index contributed by atoms with van der Waals surface area (Å²) < 4.78 is 29.9. The highest BCUT2D eigenvalue weighted by molar-refractivity contribution is 7.85. The molecule has 7 heteroatoms. The first-order chi connectivity index (χ1) is 5.95. The third kappa shape index (κ3) is 2.08. The van der Waals surface area contributed by atoms with Gasteiger partial charge in [0.1, 0.15) is 5.75 Å². The van der Waals surface area contributed by atoms with Crippen molar-refractivity contribution in [1.82, 2.24) is 0 Å². The Morgan fingerprint density at radius 1 is 1.38 bits per heavy atom. The van der Waals surface area contributed by atoms with Gasteiger partial charge in [-0.3, -0.25) is 10.4 Å². The molecule has 1 rings (SSSR count). The number of hydrogen-bond donors (Lipinski definition) is 4. The fraction of sp³-hybridized carbons (Fsp3) is 0. The summed E-state index contributed by atoms with van der Waals surface area (Å²) in [6.45, 7) is 0. The van der Waals surface area contributed by atoms with E-state index in [-0.39, 0.29) is 16.3 Å². The lowest BCUT2D eigenvalue weighted by Crippen LogP contribution is -2.08. The number of phenolic OH excluding ortho intramolecular Hbond substituents is 1. The molecule has 0 fully saturated rings. The number of anilines is 1. The van der Waals surface area contributed by atoms with Gasteiger partial charge in [-0.05, 0) is 18.2 Å². The fourth-order valence-corrected chi connectivity index (χ4v) is 1.30. The number of nitrogen functional groups attached to an aromatic ring is 1. The highest BCUT2D eigenvalue weighted by Gasteiger charge is 2.11. The number of hydrazine groups is 1. The number of nitrogens with two attached hydrogens (primary N) is 1. The molecule has 6 nitrogen and oxygen atoms in total. The molecule has 0 aromatic heterocycles. The molecule has 0 aliphatic heterocycles. The molecular weight excluding hydrogens is 196 g/mol. The minimum Gasteiger partial charge on any atom is -0.506 e. The Hall–Kier alpha value is -1.31. The van der Waals surface area contributed by atoms with Gasteiger partial charge in [-0.2, -0.15) is 8.42 Å². The van der Waals surface area contributed by atoms with Gasteiger partial charge >= 0.3 is 0 Å². The van der Waals surface area contributed by atoms with E-state index in [0.29, 0.717) is 0 Å². The van der Waals surface area contributed by atoms with E-state index >= 15 is 0 Å². The van der Waals surface area contributed by atoms with Crippen LogP contribution < -0.4 is 11.3 Å². The van der Waals surface area contributed by atoms with Crippen LogP contribution >= 0.6 is 0 Å². The van der Waals surface area contributed by atoms with Crippen molar-refractivity contribution in [3.05, 3.63) is 18.2 Å². The fourth-order valence-electron chi connectivity index (χ4n) is 0.791. The molecule has 0 aliphatic carbocycles. The summed E-state index contributed by atoms with van der Waals surface area (Å²) in [6.07, 6.45) is 0. The van der Waals surface area contributed by atoms with E-state index in [1.165, 1.54) is 0 Å². The highest BCUT2D eigenvalue weighted by atomic mass is 32.2. The summed E-state index contributed by atoms with van der Waals surface area (Å²) in [5.74, 6) is 4.78. The van der Waals surface area contributed by atoms with Gasteiger partial charge in [0.2, 0.25) is 0 Å². The smallest absolute Gasteiger partial charge is 0.294 e. The van der Waals surface area contributed by atoms with Gasteiger partial charge in [-0.25, -0.2) is 0 Å². The Morgan fingerprint density at radius 3 is 2.46 bits per heavy atom. The van der Waals surface area contributed by atoms with E-state index in [2.05, 4.69) is 5.43 Å². The van der Waals surface area contributed by atoms with E-state index in [4.69, 9.17) is 15.5 Å². The number of phenols is 1. The summed E-state index contributed by atoms with van der Waals surface area (Å²) in [4.78, 5) is -0.335. The second-order valence-electron chi connectivity index (χ2n) is 2.30. The number of rotatable bonds is 2. The van der Waals surface area contributed by atoms with Crippen LogP contribution in [0, 0.1) is 0 Å². The van der Waals surface area contributed by atoms with E-state index in [1.54, 1.807) is 0 Å². The van der Waals surface area contributed by atoms with Crippen molar-refractivity contribution in [2.75, 3.05) is 5.43 Å². The summed E-state index contributed by atoms with van der Waals surface area (Å²) in [5, 5.41) is 9.08. The maximum atomic E-state index is 10.6. The lowest BCUT2D eigenvalue weighted by Gasteiger charge is -2.04. The van der Waals surface area contributed by atoms with Crippen LogP contribution in [-0.4, -0.2) is 18.1 Å². The molecule has 0 radical (unpaired) electrons. The molecule has 0 atom stereocenters. The van der Waals surface area contributed by atoms with Gasteiger partial charge in [0.25, 0.3) is 10.1 Å². The number of aromatic hydroxyl groups is 1. The third-order valence-corrected chi connectivity index (χ3v) is 2.27. The Morgan fingerprint density at radius 2 is 2.00 bits per heavy atom. The Labute approximate surface area is 74.7 Å². The molecule has 72 valence electrons. The molecule has 0 saturated carbocycles. The second kappa shape index (κ2) is 3.21. The van der Waals surface area contributed by atoms with E-state index in [0.717, 1.165) is 18.2 Å². The maximum absolute atomic E-state index is 10.6. The first kappa shape index (κ1) is 9.78. The molecule has 0 unspecified atom stereocenters. The minimum absolute atomic E-state index is 0.0233. The van der Waals surface area contributed by atoms with E-state index in [9.17, 15) is 8.42 Å². The molecule has 0 spiro atoms. The monoisotopic (exact) mass is 204 g/mol. The standard InChI is InChI=1S/C6H8N2O4S/c7-8-5-3-4(13(10,11)12)1-2-6(5)9/h1-3,8-9H,7H2,(H,10,11,12). The quantitative estimate of drug-likeness (QED) is 0.232. The molecule has 1 aromatic carbocycles. The molecular formula is C6H8N2O4S. The topological polar surface area (TPSA) is 113 Å². The lowest BCUT2D eigenvalue weighted by atomic mass is 10.3.